The molecule has 160 valence electrons. The number of thiocarbonyl (C=S) groups is 1. The highest BCUT2D eigenvalue weighted by molar-refractivity contribution is 7.80. The summed E-state index contributed by atoms with van der Waals surface area (Å²) >= 11 is 12.0. The molecule has 1 fully saturated rings. The van der Waals surface area contributed by atoms with Gasteiger partial charge in [0.05, 0.1) is 17.4 Å². The number of anilines is 1. The van der Waals surface area contributed by atoms with Gasteiger partial charge in [-0.2, -0.15) is 0 Å². The predicted octanol–water partition coefficient (Wildman–Crippen LogP) is 5.55. The smallest absolute Gasteiger partial charge is 0.174 e. The van der Waals surface area contributed by atoms with Crippen LogP contribution in [0.1, 0.15) is 23.5 Å². The molecule has 32 heavy (non-hydrogen) atoms. The van der Waals surface area contributed by atoms with Crippen LogP contribution in [0.2, 0.25) is 5.02 Å². The molecular formula is C24H18ClFN4OS. The van der Waals surface area contributed by atoms with Gasteiger partial charge in [-0.1, -0.05) is 23.7 Å². The number of phenols is 1. The highest BCUT2D eigenvalue weighted by Crippen LogP contribution is 2.45. The zero-order valence-corrected chi connectivity index (χ0v) is 18.3. The molecule has 4 aromatic rings. The van der Waals surface area contributed by atoms with Gasteiger partial charge >= 0.3 is 0 Å². The van der Waals surface area contributed by atoms with Crippen LogP contribution in [0, 0.1) is 5.82 Å². The van der Waals surface area contributed by atoms with Gasteiger partial charge in [0.15, 0.2) is 5.11 Å². The molecule has 8 heteroatoms. The topological polar surface area (TPSA) is 53.3 Å². The van der Waals surface area contributed by atoms with Crippen molar-refractivity contribution in [2.24, 2.45) is 0 Å². The van der Waals surface area contributed by atoms with Crippen LogP contribution in [-0.4, -0.2) is 19.8 Å². The summed E-state index contributed by atoms with van der Waals surface area (Å²) in [6.07, 6.45) is 3.60. The number of pyridine rings is 1. The van der Waals surface area contributed by atoms with Crippen LogP contribution in [0.5, 0.6) is 5.75 Å². The normalized spacial score (nSPS) is 18.1. The number of aromatic hydroxyl groups is 1. The maximum Gasteiger partial charge on any atom is 0.174 e. The SMILES string of the molecule is Oc1ccc(Cl)cc1N1C(=S)N[C@@H](c2ccccn2)[C@H]1c1cccn1-c1cccc(F)c1. The number of hydrogen-bond acceptors (Lipinski definition) is 3. The van der Waals surface area contributed by atoms with Crippen molar-refractivity contribution in [3.05, 3.63) is 107 Å². The molecule has 0 unspecified atom stereocenters. The van der Waals surface area contributed by atoms with E-state index >= 15 is 0 Å². The Bertz CT molecular complexity index is 1300. The average Bonchev–Trinajstić information content (AvgIpc) is 3.40. The highest BCUT2D eigenvalue weighted by Gasteiger charge is 2.43. The maximum atomic E-state index is 14.0. The molecule has 1 aliphatic heterocycles. The Balaban J connectivity index is 1.70. The lowest BCUT2D eigenvalue weighted by Gasteiger charge is -2.29. The van der Waals surface area contributed by atoms with Gasteiger partial charge in [-0.05, 0) is 72.9 Å². The van der Waals surface area contributed by atoms with Gasteiger partial charge in [0.2, 0.25) is 0 Å². The number of nitrogens with one attached hydrogen (secondary N) is 1. The summed E-state index contributed by atoms with van der Waals surface area (Å²) in [5.74, 6) is -0.276. The van der Waals surface area contributed by atoms with Gasteiger partial charge in [0.25, 0.3) is 0 Å². The van der Waals surface area contributed by atoms with Gasteiger partial charge in [0, 0.05) is 28.8 Å². The molecule has 0 bridgehead atoms. The van der Waals surface area contributed by atoms with E-state index < -0.39 is 0 Å². The summed E-state index contributed by atoms with van der Waals surface area (Å²) < 4.78 is 15.9. The third-order valence-electron chi connectivity index (χ3n) is 5.46. The molecule has 1 aliphatic rings. The van der Waals surface area contributed by atoms with Crippen molar-refractivity contribution in [3.8, 4) is 11.4 Å². The first-order valence-electron chi connectivity index (χ1n) is 9.95. The molecule has 2 N–H and O–H groups in total. The Labute approximate surface area is 194 Å². The third kappa shape index (κ3) is 3.59. The Hall–Kier alpha value is -3.42. The van der Waals surface area contributed by atoms with Crippen LogP contribution in [0.3, 0.4) is 0 Å². The summed E-state index contributed by atoms with van der Waals surface area (Å²) in [7, 11) is 0. The van der Waals surface area contributed by atoms with Crippen LogP contribution in [-0.2, 0) is 0 Å². The van der Waals surface area contributed by atoms with Crippen molar-refractivity contribution >= 4 is 34.6 Å². The Kier molecular flexibility index (Phi) is 5.28. The second-order valence-corrected chi connectivity index (χ2v) is 8.24. The minimum atomic E-state index is -0.389. The fourth-order valence-electron chi connectivity index (χ4n) is 4.10. The molecule has 0 aliphatic carbocycles. The van der Waals surface area contributed by atoms with Gasteiger partial charge in [-0.25, -0.2) is 4.39 Å². The fourth-order valence-corrected chi connectivity index (χ4v) is 4.61. The van der Waals surface area contributed by atoms with E-state index in [1.165, 1.54) is 18.2 Å². The molecule has 0 amide bonds. The number of aromatic nitrogens is 2. The number of phenolic OH excluding ortho intramolecular Hbond substituents is 1. The van der Waals surface area contributed by atoms with Crippen LogP contribution >= 0.6 is 23.8 Å². The zero-order valence-electron chi connectivity index (χ0n) is 16.7. The zero-order chi connectivity index (χ0) is 22.2. The highest BCUT2D eigenvalue weighted by atomic mass is 35.5. The molecule has 2 aromatic carbocycles. The molecular weight excluding hydrogens is 447 g/mol. The van der Waals surface area contributed by atoms with Crippen molar-refractivity contribution in [1.29, 1.82) is 0 Å². The molecule has 0 saturated carbocycles. The maximum absolute atomic E-state index is 14.0. The largest absolute Gasteiger partial charge is 0.506 e. The van der Waals surface area contributed by atoms with Gasteiger partial charge in [-0.3, -0.25) is 4.98 Å². The second kappa shape index (κ2) is 8.26. The monoisotopic (exact) mass is 464 g/mol. The van der Waals surface area contributed by atoms with Crippen molar-refractivity contribution < 1.29 is 9.50 Å². The lowest BCUT2D eigenvalue weighted by atomic mass is 10.0. The molecule has 0 spiro atoms. The molecule has 1 saturated heterocycles. The van der Waals surface area contributed by atoms with E-state index in [1.807, 2.05) is 52.1 Å². The molecule has 2 atom stereocenters. The van der Waals surface area contributed by atoms with E-state index in [0.29, 0.717) is 21.5 Å². The van der Waals surface area contributed by atoms with Gasteiger partial charge in [0.1, 0.15) is 17.6 Å². The predicted molar refractivity (Wildman–Crippen MR) is 127 cm³/mol. The van der Waals surface area contributed by atoms with Crippen LogP contribution in [0.15, 0.2) is 85.2 Å². The van der Waals surface area contributed by atoms with Gasteiger partial charge < -0.3 is 19.9 Å². The van der Waals surface area contributed by atoms with Crippen LogP contribution in [0.4, 0.5) is 10.1 Å². The summed E-state index contributed by atoms with van der Waals surface area (Å²) in [4.78, 5) is 6.37. The summed E-state index contributed by atoms with van der Waals surface area (Å²) in [6, 6.07) is 20.0. The molecule has 2 aromatic heterocycles. The molecule has 0 radical (unpaired) electrons. The summed E-state index contributed by atoms with van der Waals surface area (Å²) in [5, 5.41) is 14.9. The van der Waals surface area contributed by atoms with Gasteiger partial charge in [-0.15, -0.1) is 0 Å². The lowest BCUT2D eigenvalue weighted by Crippen LogP contribution is -2.30. The first kappa shape index (κ1) is 20.5. The summed E-state index contributed by atoms with van der Waals surface area (Å²) in [6.45, 7) is 0. The Morgan fingerprint density at radius 2 is 1.91 bits per heavy atom. The van der Waals surface area contributed by atoms with E-state index in [1.54, 1.807) is 24.4 Å². The van der Waals surface area contributed by atoms with E-state index in [0.717, 1.165) is 11.4 Å². The molecule has 5 rings (SSSR count). The van der Waals surface area contributed by atoms with Crippen LogP contribution in [0.25, 0.3) is 5.69 Å². The van der Waals surface area contributed by atoms with E-state index in [-0.39, 0.29) is 23.7 Å². The third-order valence-corrected chi connectivity index (χ3v) is 6.01. The molecule has 5 nitrogen and oxygen atoms in total. The van der Waals surface area contributed by atoms with E-state index in [2.05, 4.69) is 10.3 Å². The number of halogens is 2. The fraction of sp³-hybridized carbons (Fsp3) is 0.0833. The minimum Gasteiger partial charge on any atom is -0.506 e. The van der Waals surface area contributed by atoms with Crippen molar-refractivity contribution in [3.63, 3.8) is 0 Å². The van der Waals surface area contributed by atoms with Crippen molar-refractivity contribution in [1.82, 2.24) is 14.9 Å². The average molecular weight is 465 g/mol. The first-order chi connectivity index (χ1) is 15.5. The Morgan fingerprint density at radius 1 is 1.03 bits per heavy atom. The van der Waals surface area contributed by atoms with Crippen LogP contribution < -0.4 is 10.2 Å². The summed E-state index contributed by atoms with van der Waals surface area (Å²) in [5.41, 5.74) is 2.79. The Morgan fingerprint density at radius 3 is 2.69 bits per heavy atom. The lowest BCUT2D eigenvalue weighted by molar-refractivity contribution is 0.472. The quantitative estimate of drug-likeness (QED) is 0.388. The standard InChI is InChI=1S/C24H18ClFN4OS/c25-15-9-10-21(31)20(13-15)30-23(22(28-24(30)32)18-7-1-2-11-27-18)19-8-4-12-29(19)17-6-3-5-16(26)14-17/h1-14,22-23,31H,(H,28,32)/t22-,23+/m0/s1. The second-order valence-electron chi connectivity index (χ2n) is 7.41. The van der Waals surface area contributed by atoms with Crippen molar-refractivity contribution in [2.45, 2.75) is 12.1 Å². The molecule has 3 heterocycles. The van der Waals surface area contributed by atoms with E-state index in [9.17, 15) is 9.50 Å². The minimum absolute atomic E-state index is 0.0501. The van der Waals surface area contributed by atoms with E-state index in [4.69, 9.17) is 23.8 Å². The number of benzene rings is 2. The number of nitrogens with zero attached hydrogens (tertiary/aromatic N) is 3. The van der Waals surface area contributed by atoms with Crippen molar-refractivity contribution in [2.75, 3.05) is 4.90 Å². The number of rotatable bonds is 4. The first-order valence-corrected chi connectivity index (χ1v) is 10.7. The number of hydrogen-bond donors (Lipinski definition) is 2.